The smallest absolute Gasteiger partial charge is 0.0514 e. The van der Waals surface area contributed by atoms with E-state index in [-0.39, 0.29) is 7.43 Å². The van der Waals surface area contributed by atoms with Gasteiger partial charge in [-0.25, -0.2) is 0 Å². The summed E-state index contributed by atoms with van der Waals surface area (Å²) in [5, 5.41) is 13.4. The molecule has 3 nitrogen and oxygen atoms in total. The minimum absolute atomic E-state index is 0. The fourth-order valence-corrected chi connectivity index (χ4v) is 5.10. The van der Waals surface area contributed by atoms with E-state index in [1.807, 2.05) is 40.1 Å². The van der Waals surface area contributed by atoms with Gasteiger partial charge in [-0.15, -0.1) is 0 Å². The molecule has 6 aromatic carbocycles. The van der Waals surface area contributed by atoms with Crippen molar-refractivity contribution >= 4 is 55.5 Å². The first-order valence-corrected chi connectivity index (χ1v) is 14.9. The molecule has 0 aliphatic carbocycles. The van der Waals surface area contributed by atoms with Crippen LogP contribution in [0.15, 0.2) is 119 Å². The van der Waals surface area contributed by atoms with Crippen LogP contribution >= 0.6 is 0 Å². The minimum atomic E-state index is 0. The average Bonchev–Trinajstić information content (AvgIpc) is 3.05. The monoisotopic (exact) mass is 555 g/mol. The van der Waals surface area contributed by atoms with E-state index in [2.05, 4.69) is 115 Å². The van der Waals surface area contributed by atoms with E-state index >= 15 is 0 Å². The van der Waals surface area contributed by atoms with Crippen molar-refractivity contribution in [2.45, 2.75) is 35.1 Å². The Morgan fingerprint density at radius 3 is 1.07 bits per heavy atom. The van der Waals surface area contributed by atoms with Gasteiger partial charge in [0, 0.05) is 36.6 Å². The zero-order valence-electron chi connectivity index (χ0n) is 24.8. The molecule has 6 rings (SSSR count). The van der Waals surface area contributed by atoms with Crippen molar-refractivity contribution in [1.29, 1.82) is 0 Å². The Morgan fingerprint density at radius 1 is 0.476 bits per heavy atom. The Hall–Kier alpha value is -4.34. The van der Waals surface area contributed by atoms with Crippen molar-refractivity contribution in [3.63, 3.8) is 0 Å². The molecule has 0 atom stereocenters. The number of nitrogens with zero attached hydrogens (tertiary/aromatic N) is 2. The van der Waals surface area contributed by atoms with Crippen molar-refractivity contribution < 1.29 is 0 Å². The normalized spacial score (nSPS) is 11.0. The van der Waals surface area contributed by atoms with E-state index in [1.165, 1.54) is 54.2 Å². The van der Waals surface area contributed by atoms with Gasteiger partial charge < -0.3 is 5.32 Å². The fraction of sp³-hybridized carbons (Fsp3) is 0.231. The summed E-state index contributed by atoms with van der Waals surface area (Å²) in [5.74, 6) is 0. The highest BCUT2D eigenvalue weighted by molar-refractivity contribution is 6.14. The van der Waals surface area contributed by atoms with Crippen molar-refractivity contribution in [1.82, 2.24) is 5.32 Å². The lowest BCUT2D eigenvalue weighted by atomic mass is 9.97. The van der Waals surface area contributed by atoms with Crippen LogP contribution in [0, 0.1) is 0 Å². The summed E-state index contributed by atoms with van der Waals surface area (Å²) in [4.78, 5) is 9.50. The minimum Gasteiger partial charge on any atom is -0.313 e. The number of rotatable bonds is 8. The summed E-state index contributed by atoms with van der Waals surface area (Å²) in [6, 6.07) is 38.6. The standard InChI is InChI=1S/C34H29N3.2C2H6.CH4/c1-5-13-29-25(9-1)21-26-10-2-6-14-30(26)33(29)23-36-19-17-35-18-20-37-24-34-31-15-7-3-11-27(31)22-28-12-4-8-16-32(28)34;2*1-2;/h1-16,21-24,35H,17-20H2;2*1-2H3;1H4. The molecule has 0 bridgehead atoms. The highest BCUT2D eigenvalue weighted by Crippen LogP contribution is 2.28. The largest absolute Gasteiger partial charge is 0.313 e. The Balaban J connectivity index is 0.000000929. The first-order chi connectivity index (χ1) is 20.4. The second-order valence-electron chi connectivity index (χ2n) is 9.29. The number of fused-ring (bicyclic) bond motifs is 4. The number of hydrogen-bond donors (Lipinski definition) is 1. The number of hydrogen-bond acceptors (Lipinski definition) is 3. The molecule has 0 aliphatic rings. The molecular formula is C39H45N3. The quantitative estimate of drug-likeness (QED) is 0.113. The van der Waals surface area contributed by atoms with Crippen molar-refractivity contribution in [2.75, 3.05) is 26.2 Å². The van der Waals surface area contributed by atoms with Crippen molar-refractivity contribution in [3.8, 4) is 0 Å². The van der Waals surface area contributed by atoms with Crippen LogP contribution in [0.25, 0.3) is 43.1 Å². The molecule has 1 N–H and O–H groups in total. The number of benzene rings is 6. The second kappa shape index (κ2) is 16.8. The summed E-state index contributed by atoms with van der Waals surface area (Å²) in [7, 11) is 0. The summed E-state index contributed by atoms with van der Waals surface area (Å²) < 4.78 is 0. The molecule has 0 saturated carbocycles. The van der Waals surface area contributed by atoms with Crippen LogP contribution in [-0.2, 0) is 0 Å². The van der Waals surface area contributed by atoms with Gasteiger partial charge >= 0.3 is 0 Å². The molecule has 0 amide bonds. The highest BCUT2D eigenvalue weighted by Gasteiger charge is 2.06. The van der Waals surface area contributed by atoms with Crippen molar-refractivity contribution in [3.05, 3.63) is 120 Å². The van der Waals surface area contributed by atoms with E-state index in [0.717, 1.165) is 26.2 Å². The van der Waals surface area contributed by atoms with Gasteiger partial charge in [-0.3, -0.25) is 9.98 Å². The molecule has 42 heavy (non-hydrogen) atoms. The van der Waals surface area contributed by atoms with Gasteiger partial charge in [0.25, 0.3) is 0 Å². The van der Waals surface area contributed by atoms with E-state index in [0.29, 0.717) is 0 Å². The van der Waals surface area contributed by atoms with Gasteiger partial charge in [-0.1, -0.05) is 132 Å². The number of nitrogens with one attached hydrogen (secondary N) is 1. The zero-order valence-corrected chi connectivity index (χ0v) is 24.8. The molecule has 0 aromatic heterocycles. The molecule has 0 aliphatic heterocycles. The first kappa shape index (κ1) is 32.2. The lowest BCUT2D eigenvalue weighted by Crippen LogP contribution is -2.20. The molecule has 0 spiro atoms. The van der Waals surface area contributed by atoms with Crippen LogP contribution in [0.5, 0.6) is 0 Å². The van der Waals surface area contributed by atoms with E-state index < -0.39 is 0 Å². The van der Waals surface area contributed by atoms with Gasteiger partial charge in [0.05, 0.1) is 13.1 Å². The van der Waals surface area contributed by atoms with Crippen LogP contribution in [0.3, 0.4) is 0 Å². The van der Waals surface area contributed by atoms with E-state index in [9.17, 15) is 0 Å². The van der Waals surface area contributed by atoms with Gasteiger partial charge in [0.1, 0.15) is 0 Å². The van der Waals surface area contributed by atoms with Crippen LogP contribution < -0.4 is 5.32 Å². The Labute approximate surface area is 252 Å². The third-order valence-electron chi connectivity index (χ3n) is 6.90. The summed E-state index contributed by atoms with van der Waals surface area (Å²) in [5.41, 5.74) is 2.39. The molecule has 0 saturated heterocycles. The lowest BCUT2D eigenvalue weighted by molar-refractivity contribution is 0.699. The molecule has 216 valence electrons. The summed E-state index contributed by atoms with van der Waals surface area (Å²) in [6.45, 7) is 11.1. The topological polar surface area (TPSA) is 36.8 Å². The Kier molecular flexibility index (Phi) is 12.9. The molecule has 6 aromatic rings. The molecule has 0 heterocycles. The van der Waals surface area contributed by atoms with Crippen LogP contribution in [0.2, 0.25) is 0 Å². The molecule has 0 fully saturated rings. The third kappa shape index (κ3) is 7.48. The Morgan fingerprint density at radius 2 is 0.762 bits per heavy atom. The maximum atomic E-state index is 4.75. The van der Waals surface area contributed by atoms with Gasteiger partial charge in [-0.2, -0.15) is 0 Å². The summed E-state index contributed by atoms with van der Waals surface area (Å²) >= 11 is 0. The molecule has 3 heteroatoms. The summed E-state index contributed by atoms with van der Waals surface area (Å²) in [6.07, 6.45) is 4.08. The van der Waals surface area contributed by atoms with E-state index in [4.69, 9.17) is 9.98 Å². The Bertz CT molecular complexity index is 1530. The number of aliphatic imine (C=N–C) groups is 2. The zero-order chi connectivity index (χ0) is 28.9. The van der Waals surface area contributed by atoms with Gasteiger partial charge in [-0.05, 0) is 55.2 Å². The maximum absolute atomic E-state index is 4.75. The molecule has 0 unspecified atom stereocenters. The first-order valence-electron chi connectivity index (χ1n) is 14.9. The van der Waals surface area contributed by atoms with Crippen molar-refractivity contribution in [2.24, 2.45) is 9.98 Å². The van der Waals surface area contributed by atoms with Gasteiger partial charge in [0.15, 0.2) is 0 Å². The van der Waals surface area contributed by atoms with Gasteiger partial charge in [0.2, 0.25) is 0 Å². The van der Waals surface area contributed by atoms with Crippen LogP contribution in [0.4, 0.5) is 0 Å². The average molecular weight is 556 g/mol. The molecular weight excluding hydrogens is 510 g/mol. The highest BCUT2D eigenvalue weighted by atomic mass is 14.9. The SMILES string of the molecule is C.C(=NCCNCCN=Cc1c2ccccc2cc2ccccc12)c1c2ccccc2cc2ccccc12.CC.CC. The second-order valence-corrected chi connectivity index (χ2v) is 9.29. The predicted molar refractivity (Wildman–Crippen MR) is 190 cm³/mol. The fourth-order valence-electron chi connectivity index (χ4n) is 5.10. The van der Waals surface area contributed by atoms with E-state index in [1.54, 1.807) is 0 Å². The third-order valence-corrected chi connectivity index (χ3v) is 6.90. The molecule has 0 radical (unpaired) electrons. The predicted octanol–water partition coefficient (Wildman–Crippen LogP) is 10.1. The maximum Gasteiger partial charge on any atom is 0.0514 e. The lowest BCUT2D eigenvalue weighted by Gasteiger charge is -2.08. The van der Waals surface area contributed by atoms with Crippen LogP contribution in [-0.4, -0.2) is 38.6 Å². The van der Waals surface area contributed by atoms with Crippen LogP contribution in [0.1, 0.15) is 46.2 Å².